The second-order valence-corrected chi connectivity index (χ2v) is 17.5. The maximum absolute atomic E-state index is 14.6. The summed E-state index contributed by atoms with van der Waals surface area (Å²) in [5.74, 6) is 0.143. The molecule has 3 nitrogen and oxygen atoms in total. The fraction of sp³-hybridized carbons (Fsp3) is 0.250. The van der Waals surface area contributed by atoms with Crippen LogP contribution in [0.2, 0.25) is 0 Å². The van der Waals surface area contributed by atoms with Gasteiger partial charge in [-0.2, -0.15) is 0 Å². The lowest BCUT2D eigenvalue weighted by Crippen LogP contribution is -2.35. The maximum atomic E-state index is 14.6. The number of hydrogen-bond acceptors (Lipinski definition) is 3. The predicted octanol–water partition coefficient (Wildman–Crippen LogP) is 13.0. The van der Waals surface area contributed by atoms with Gasteiger partial charge in [-0.3, -0.25) is 4.79 Å². The van der Waals surface area contributed by atoms with Crippen LogP contribution in [0.5, 0.6) is 0 Å². The third kappa shape index (κ3) is 3.75. The number of rotatable bonds is 2. The smallest absolute Gasteiger partial charge is 0.201 e. The van der Waals surface area contributed by atoms with Gasteiger partial charge in [0, 0.05) is 21.9 Å². The van der Waals surface area contributed by atoms with E-state index in [1.54, 1.807) is 0 Å². The average molecular weight is 714 g/mol. The number of hydrogen-bond donors (Lipinski definition) is 2. The molecule has 0 bridgehead atoms. The summed E-state index contributed by atoms with van der Waals surface area (Å²) in [5.41, 5.74) is 20.1. The average Bonchev–Trinajstić information content (AvgIpc) is 3.82. The number of aliphatic hydroxyl groups is 1. The molecule has 2 atom stereocenters. The van der Waals surface area contributed by atoms with Crippen molar-refractivity contribution in [1.29, 1.82) is 0 Å². The van der Waals surface area contributed by atoms with Crippen molar-refractivity contribution in [2.45, 2.75) is 83.0 Å². The first-order valence-corrected chi connectivity index (χ1v) is 20.3. The molecule has 55 heavy (non-hydrogen) atoms. The highest BCUT2D eigenvalue weighted by molar-refractivity contribution is 6.24. The summed E-state index contributed by atoms with van der Waals surface area (Å²) in [6.07, 6.45) is 12.2. The molecule has 0 spiro atoms. The Hall–Kier alpha value is -5.67. The molecule has 5 aromatic rings. The van der Waals surface area contributed by atoms with Crippen LogP contribution in [0.25, 0.3) is 54.9 Å². The van der Waals surface area contributed by atoms with Crippen molar-refractivity contribution < 1.29 is 9.90 Å². The summed E-state index contributed by atoms with van der Waals surface area (Å²) in [7, 11) is 0. The number of benzene rings is 5. The highest BCUT2D eigenvalue weighted by Gasteiger charge is 2.50. The molecule has 12 rings (SSSR count). The first-order valence-electron chi connectivity index (χ1n) is 20.3. The first kappa shape index (κ1) is 31.7. The van der Waals surface area contributed by atoms with Crippen LogP contribution >= 0.6 is 0 Å². The van der Waals surface area contributed by atoms with Gasteiger partial charge in [-0.15, -0.1) is 0 Å². The van der Waals surface area contributed by atoms with Crippen LogP contribution in [-0.4, -0.2) is 10.9 Å². The van der Waals surface area contributed by atoms with Gasteiger partial charge in [0.1, 0.15) is 5.76 Å². The van der Waals surface area contributed by atoms with Crippen LogP contribution in [0.3, 0.4) is 0 Å². The van der Waals surface area contributed by atoms with Crippen molar-refractivity contribution in [3.8, 4) is 22.3 Å². The maximum Gasteiger partial charge on any atom is 0.201 e. The number of carbonyl (C=O) groups excluding carboxylic acids is 1. The van der Waals surface area contributed by atoms with E-state index in [-0.39, 0.29) is 22.4 Å². The number of fused-ring (bicyclic) bond motifs is 9. The Bertz CT molecular complexity index is 2920. The minimum Gasteiger partial charge on any atom is -0.506 e. The SMILES string of the molecule is C=C1/C(=C2/C(=O)C(C3=C4Nc5c(cc6c7c(cccc57)-c5ccccc5-6)C4(C)CCC3)=C2O)CCCC1(C)c1cc2c3c(cccc3c1C)C1=C2C=CCC1. The molecule has 0 amide bonds. The highest BCUT2D eigenvalue weighted by atomic mass is 16.3. The predicted molar refractivity (Wildman–Crippen MR) is 226 cm³/mol. The molecule has 0 aromatic heterocycles. The second kappa shape index (κ2) is 10.5. The lowest BCUT2D eigenvalue weighted by Gasteiger charge is -2.42. The van der Waals surface area contributed by atoms with E-state index < -0.39 is 0 Å². The third-order valence-corrected chi connectivity index (χ3v) is 14.9. The number of aryl methyl sites for hydroxylation is 1. The fourth-order valence-electron chi connectivity index (χ4n) is 12.2. The Morgan fingerprint density at radius 3 is 2.16 bits per heavy atom. The Morgan fingerprint density at radius 1 is 0.691 bits per heavy atom. The molecule has 2 unspecified atom stereocenters. The van der Waals surface area contributed by atoms with Gasteiger partial charge in [-0.1, -0.05) is 86.3 Å². The third-order valence-electron chi connectivity index (χ3n) is 14.9. The molecule has 3 heteroatoms. The van der Waals surface area contributed by atoms with Crippen molar-refractivity contribution in [3.63, 3.8) is 0 Å². The molecule has 0 saturated heterocycles. The summed E-state index contributed by atoms with van der Waals surface area (Å²) in [6, 6.07) is 27.0. The number of carbonyl (C=O) groups is 1. The van der Waals surface area contributed by atoms with Crippen molar-refractivity contribution in [3.05, 3.63) is 159 Å². The van der Waals surface area contributed by atoms with Gasteiger partial charge >= 0.3 is 0 Å². The molecule has 6 aliphatic carbocycles. The zero-order valence-electron chi connectivity index (χ0n) is 31.8. The molecule has 0 radical (unpaired) electrons. The van der Waals surface area contributed by atoms with Crippen molar-refractivity contribution in [2.75, 3.05) is 5.32 Å². The van der Waals surface area contributed by atoms with Crippen LogP contribution in [-0.2, 0) is 15.6 Å². The molecular weight excluding hydrogens is 671 g/mol. The van der Waals surface area contributed by atoms with Crippen LogP contribution in [0.15, 0.2) is 131 Å². The zero-order valence-corrected chi connectivity index (χ0v) is 31.8. The number of ketones is 1. The molecule has 5 aromatic carbocycles. The molecule has 1 heterocycles. The lowest BCUT2D eigenvalue weighted by atomic mass is 9.61. The van der Waals surface area contributed by atoms with Gasteiger partial charge in [0.15, 0.2) is 0 Å². The Balaban J connectivity index is 0.967. The first-order chi connectivity index (χ1) is 26.7. The van der Waals surface area contributed by atoms with E-state index in [0.717, 1.165) is 79.5 Å². The summed E-state index contributed by atoms with van der Waals surface area (Å²) in [4.78, 5) is 14.6. The Labute approximate surface area is 322 Å². The second-order valence-electron chi connectivity index (χ2n) is 17.5. The van der Waals surface area contributed by atoms with Crippen LogP contribution in [0.4, 0.5) is 5.69 Å². The van der Waals surface area contributed by atoms with E-state index in [2.05, 4.69) is 111 Å². The highest BCUT2D eigenvalue weighted by Crippen LogP contribution is 2.60. The minimum absolute atomic E-state index is 0.0223. The molecule has 2 N–H and O–H groups in total. The quantitative estimate of drug-likeness (QED) is 0.176. The topological polar surface area (TPSA) is 49.3 Å². The largest absolute Gasteiger partial charge is 0.506 e. The minimum atomic E-state index is -0.357. The number of Topliss-reactive ketones (excluding diaryl/α,β-unsaturated/α-hetero) is 1. The van der Waals surface area contributed by atoms with Gasteiger partial charge in [0.25, 0.3) is 0 Å². The number of allylic oxidation sites excluding steroid dienone is 10. The number of aliphatic hydroxyl groups excluding tert-OH is 1. The monoisotopic (exact) mass is 713 g/mol. The Kier molecular flexibility index (Phi) is 6.07. The van der Waals surface area contributed by atoms with Crippen LogP contribution in [0.1, 0.15) is 93.0 Å². The van der Waals surface area contributed by atoms with Gasteiger partial charge in [0.05, 0.1) is 16.8 Å². The van der Waals surface area contributed by atoms with Crippen LogP contribution in [0, 0.1) is 6.92 Å². The van der Waals surface area contributed by atoms with E-state index in [9.17, 15) is 9.90 Å². The number of anilines is 1. The number of nitrogens with one attached hydrogen (secondary N) is 1. The lowest BCUT2D eigenvalue weighted by molar-refractivity contribution is -0.113. The Morgan fingerprint density at radius 2 is 1.36 bits per heavy atom. The molecule has 268 valence electrons. The molecule has 1 fully saturated rings. The molecular formula is C52H43NO2. The van der Waals surface area contributed by atoms with E-state index >= 15 is 0 Å². The fourth-order valence-corrected chi connectivity index (χ4v) is 12.2. The van der Waals surface area contributed by atoms with E-state index in [0.29, 0.717) is 11.1 Å². The normalized spacial score (nSPS) is 25.8. The van der Waals surface area contributed by atoms with Gasteiger partial charge < -0.3 is 10.4 Å². The van der Waals surface area contributed by atoms with E-state index in [4.69, 9.17) is 6.58 Å². The van der Waals surface area contributed by atoms with Gasteiger partial charge in [0.2, 0.25) is 5.78 Å². The van der Waals surface area contributed by atoms with E-state index in [1.165, 1.54) is 82.8 Å². The summed E-state index contributed by atoms with van der Waals surface area (Å²) in [5, 5.41) is 21.2. The van der Waals surface area contributed by atoms with Gasteiger partial charge in [-0.25, -0.2) is 0 Å². The van der Waals surface area contributed by atoms with Crippen LogP contribution < -0.4 is 5.32 Å². The van der Waals surface area contributed by atoms with Crippen molar-refractivity contribution >= 4 is 44.2 Å². The molecule has 7 aliphatic rings. The summed E-state index contributed by atoms with van der Waals surface area (Å²) < 4.78 is 0. The molecule has 1 saturated carbocycles. The zero-order chi connectivity index (χ0) is 37.1. The van der Waals surface area contributed by atoms with Gasteiger partial charge in [-0.05, 0) is 171 Å². The molecule has 1 aliphatic heterocycles. The standard InChI is InChI=1S/C52H43NO2/c1-27-29-17-9-18-35-31-13-5-7-15-33(31)39(43(29)35)25-41(27)51(3)23-11-21-30(28(51)2)45-48(54)46(49(45)55)38-22-12-24-52(4)42-26-40-34-16-8-6-14-32(34)36-19-10-20-37(44(36)40)47(42)53-50(38)52/h6-10,14-20,25-26,53-54H,2,5,11-13,21-24H2,1,3-4H3/b45-30+. The summed E-state index contributed by atoms with van der Waals surface area (Å²) >= 11 is 0. The van der Waals surface area contributed by atoms with Crippen molar-refractivity contribution in [2.24, 2.45) is 0 Å². The van der Waals surface area contributed by atoms with Crippen molar-refractivity contribution in [1.82, 2.24) is 0 Å². The van der Waals surface area contributed by atoms with E-state index in [1.807, 2.05) is 0 Å². The summed E-state index contributed by atoms with van der Waals surface area (Å²) in [6.45, 7) is 11.7.